The van der Waals surface area contributed by atoms with E-state index in [1.54, 1.807) is 18.2 Å². The topological polar surface area (TPSA) is 79.2 Å². The second-order valence-corrected chi connectivity index (χ2v) is 8.68. The minimum Gasteiger partial charge on any atom is -0.492 e. The second kappa shape index (κ2) is 7.04. The molecule has 1 heterocycles. The molecule has 3 aromatic carbocycles. The van der Waals surface area contributed by atoms with Crippen LogP contribution in [0.1, 0.15) is 35.1 Å². The highest BCUT2D eigenvalue weighted by molar-refractivity contribution is 6.25. The van der Waals surface area contributed by atoms with Crippen molar-refractivity contribution in [3.8, 4) is 5.75 Å². The van der Waals surface area contributed by atoms with Gasteiger partial charge in [-0.2, -0.15) is 0 Å². The maximum absolute atomic E-state index is 14.1. The molecule has 1 N–H and O–H groups in total. The van der Waals surface area contributed by atoms with E-state index in [2.05, 4.69) is 5.16 Å². The molecule has 3 aromatic rings. The van der Waals surface area contributed by atoms with Crippen molar-refractivity contribution in [3.63, 3.8) is 0 Å². The molecule has 1 saturated heterocycles. The van der Waals surface area contributed by atoms with E-state index >= 15 is 0 Å². The first-order valence-corrected chi connectivity index (χ1v) is 11.1. The first-order chi connectivity index (χ1) is 16.1. The lowest BCUT2D eigenvalue weighted by molar-refractivity contribution is -0.122. The Balaban J connectivity index is 1.63. The number of benzene rings is 3. The van der Waals surface area contributed by atoms with Crippen LogP contribution >= 0.6 is 0 Å². The number of amides is 2. The summed E-state index contributed by atoms with van der Waals surface area (Å²) in [5.41, 5.74) is 3.23. The lowest BCUT2D eigenvalue weighted by atomic mass is 9.47. The van der Waals surface area contributed by atoms with Gasteiger partial charge in [-0.3, -0.25) is 9.59 Å². The van der Waals surface area contributed by atoms with Crippen LogP contribution in [-0.2, 0) is 15.0 Å². The largest absolute Gasteiger partial charge is 0.492 e. The van der Waals surface area contributed by atoms with E-state index in [1.807, 2.05) is 61.5 Å². The van der Waals surface area contributed by atoms with Gasteiger partial charge in [0, 0.05) is 5.92 Å². The number of rotatable bonds is 4. The van der Waals surface area contributed by atoms with Crippen molar-refractivity contribution in [1.82, 2.24) is 0 Å². The lowest BCUT2D eigenvalue weighted by Crippen LogP contribution is -2.54. The van der Waals surface area contributed by atoms with Gasteiger partial charge in [0.15, 0.2) is 0 Å². The molecule has 0 unspecified atom stereocenters. The zero-order valence-electron chi connectivity index (χ0n) is 18.0. The van der Waals surface area contributed by atoms with Crippen LogP contribution in [0, 0.1) is 11.8 Å². The van der Waals surface area contributed by atoms with Gasteiger partial charge in [0.25, 0.3) is 0 Å². The fraction of sp³-hybridized carbons (Fsp3) is 0.222. The predicted octanol–water partition coefficient (Wildman–Crippen LogP) is 4.10. The van der Waals surface area contributed by atoms with Gasteiger partial charge in [-0.05, 0) is 41.3 Å². The van der Waals surface area contributed by atoms with Crippen LogP contribution in [0.25, 0.3) is 0 Å². The summed E-state index contributed by atoms with van der Waals surface area (Å²) in [4.78, 5) is 29.4. The summed E-state index contributed by atoms with van der Waals surface area (Å²) >= 11 is 0. The van der Waals surface area contributed by atoms with Crippen LogP contribution in [-0.4, -0.2) is 29.8 Å². The Kier molecular flexibility index (Phi) is 4.21. The van der Waals surface area contributed by atoms with Gasteiger partial charge >= 0.3 is 0 Å². The highest BCUT2D eigenvalue weighted by atomic mass is 16.5. The highest BCUT2D eigenvalue weighted by Gasteiger charge is 2.68. The monoisotopic (exact) mass is 438 g/mol. The average molecular weight is 438 g/mol. The first kappa shape index (κ1) is 19.7. The molecule has 6 heteroatoms. The summed E-state index contributed by atoms with van der Waals surface area (Å²) in [6.07, 6.45) is 1.45. The zero-order valence-corrected chi connectivity index (χ0v) is 18.0. The minimum absolute atomic E-state index is 0.248. The quantitative estimate of drug-likeness (QED) is 0.288. The van der Waals surface area contributed by atoms with Crippen molar-refractivity contribution in [1.29, 1.82) is 0 Å². The predicted molar refractivity (Wildman–Crippen MR) is 123 cm³/mol. The van der Waals surface area contributed by atoms with Crippen LogP contribution in [0.3, 0.4) is 0 Å². The Morgan fingerprint density at radius 3 is 2.18 bits per heavy atom. The fourth-order valence-electron chi connectivity index (χ4n) is 6.30. The van der Waals surface area contributed by atoms with E-state index in [1.165, 1.54) is 11.1 Å². The van der Waals surface area contributed by atoms with Crippen molar-refractivity contribution in [2.75, 3.05) is 11.5 Å². The smallest absolute Gasteiger partial charge is 0.239 e. The molecule has 2 atom stereocenters. The van der Waals surface area contributed by atoms with Crippen LogP contribution in [0.4, 0.5) is 5.69 Å². The van der Waals surface area contributed by atoms with Crippen molar-refractivity contribution in [2.45, 2.75) is 18.3 Å². The standard InChI is InChI=1S/C27H22N2O4/c1-2-33-21-14-8-7-13-20(21)29-25(30)23-22-16-9-3-5-11-18(16)27(15-28-32,24(23)26(29)31)19-12-6-4-10-17(19)22/h3-15,22-24,32H,2H2,1H3/b28-15-/t22?,23-,24-,27?/m1/s1. The lowest BCUT2D eigenvalue weighted by Gasteiger charge is -2.52. The van der Waals surface area contributed by atoms with E-state index in [9.17, 15) is 14.8 Å². The molecular formula is C27H22N2O4. The van der Waals surface area contributed by atoms with Gasteiger partial charge in [-0.1, -0.05) is 60.7 Å². The van der Waals surface area contributed by atoms with Crippen molar-refractivity contribution in [2.24, 2.45) is 17.0 Å². The molecule has 2 amide bonds. The Labute approximate surface area is 191 Å². The molecule has 1 fully saturated rings. The number of oxime groups is 1. The Morgan fingerprint density at radius 1 is 0.939 bits per heavy atom. The number of carbonyl (C=O) groups is 2. The summed E-state index contributed by atoms with van der Waals surface area (Å²) in [5.74, 6) is -1.63. The van der Waals surface area contributed by atoms with Crippen LogP contribution in [0.5, 0.6) is 5.75 Å². The number of nitrogens with zero attached hydrogens (tertiary/aromatic N) is 2. The molecular weight excluding hydrogens is 416 g/mol. The number of para-hydroxylation sites is 2. The maximum atomic E-state index is 14.1. The SMILES string of the molecule is CCOc1ccccc1N1C(=O)[C@@H]2C3c4ccccc4C(/C=N\O)(c4ccccc43)[C@H]2C1=O. The Hall–Kier alpha value is -3.93. The van der Waals surface area contributed by atoms with Crippen LogP contribution < -0.4 is 9.64 Å². The molecule has 3 aliphatic carbocycles. The van der Waals surface area contributed by atoms with Gasteiger partial charge in [-0.25, -0.2) is 4.90 Å². The van der Waals surface area contributed by atoms with Gasteiger partial charge in [0.1, 0.15) is 5.75 Å². The number of ether oxygens (including phenoxy) is 1. The second-order valence-electron chi connectivity index (χ2n) is 8.68. The normalized spacial score (nSPS) is 26.9. The molecule has 0 spiro atoms. The van der Waals surface area contributed by atoms with Crippen molar-refractivity contribution in [3.05, 3.63) is 95.1 Å². The molecule has 6 nitrogen and oxygen atoms in total. The van der Waals surface area contributed by atoms with Gasteiger partial charge in [0.2, 0.25) is 11.8 Å². The number of hydrogen-bond acceptors (Lipinski definition) is 5. The first-order valence-electron chi connectivity index (χ1n) is 11.1. The summed E-state index contributed by atoms with van der Waals surface area (Å²) in [6.45, 7) is 2.28. The summed E-state index contributed by atoms with van der Waals surface area (Å²) in [7, 11) is 0. The summed E-state index contributed by atoms with van der Waals surface area (Å²) in [6, 6.07) is 22.9. The molecule has 33 heavy (non-hydrogen) atoms. The van der Waals surface area contributed by atoms with E-state index in [0.717, 1.165) is 22.3 Å². The van der Waals surface area contributed by atoms with E-state index in [-0.39, 0.29) is 17.7 Å². The maximum Gasteiger partial charge on any atom is 0.239 e. The van der Waals surface area contributed by atoms with Gasteiger partial charge in [-0.15, -0.1) is 5.16 Å². The zero-order chi connectivity index (χ0) is 22.7. The molecule has 2 bridgehead atoms. The average Bonchev–Trinajstić information content (AvgIpc) is 3.11. The number of hydrogen-bond donors (Lipinski definition) is 1. The Morgan fingerprint density at radius 2 is 1.55 bits per heavy atom. The molecule has 1 aliphatic heterocycles. The number of imide groups is 1. The van der Waals surface area contributed by atoms with Gasteiger partial charge < -0.3 is 9.94 Å². The summed E-state index contributed by atoms with van der Waals surface area (Å²) in [5, 5.41) is 13.2. The Bertz CT molecular complexity index is 1280. The van der Waals surface area contributed by atoms with Crippen LogP contribution in [0.15, 0.2) is 78.0 Å². The third-order valence-electron chi connectivity index (χ3n) is 7.35. The molecule has 7 rings (SSSR count). The fourth-order valence-corrected chi connectivity index (χ4v) is 6.30. The number of anilines is 1. The summed E-state index contributed by atoms with van der Waals surface area (Å²) < 4.78 is 5.75. The molecule has 0 saturated carbocycles. The molecule has 4 aliphatic rings. The van der Waals surface area contributed by atoms with Crippen LogP contribution in [0.2, 0.25) is 0 Å². The van der Waals surface area contributed by atoms with Gasteiger partial charge in [0.05, 0.1) is 35.8 Å². The number of carbonyl (C=O) groups excluding carboxylic acids is 2. The van der Waals surface area contributed by atoms with E-state index in [4.69, 9.17) is 4.74 Å². The third-order valence-corrected chi connectivity index (χ3v) is 7.35. The highest BCUT2D eigenvalue weighted by Crippen LogP contribution is 2.63. The minimum atomic E-state index is -1.04. The molecule has 164 valence electrons. The van der Waals surface area contributed by atoms with Crippen molar-refractivity contribution >= 4 is 23.7 Å². The van der Waals surface area contributed by atoms with Crippen molar-refractivity contribution < 1.29 is 19.5 Å². The third kappa shape index (κ3) is 2.35. The van der Waals surface area contributed by atoms with E-state index < -0.39 is 17.3 Å². The molecule has 0 radical (unpaired) electrons. The van der Waals surface area contributed by atoms with E-state index in [0.29, 0.717) is 18.0 Å². The molecule has 0 aromatic heterocycles.